The largest absolute Gasteiger partial charge is 0.364 e. The van der Waals surface area contributed by atoms with E-state index in [2.05, 4.69) is 27.5 Å². The van der Waals surface area contributed by atoms with Crippen molar-refractivity contribution < 1.29 is 9.59 Å². The maximum absolute atomic E-state index is 12.9. The molecule has 3 N–H and O–H groups in total. The molecular weight excluding hydrogens is 382 g/mol. The third kappa shape index (κ3) is 3.97. The minimum absolute atomic E-state index is 0.112. The van der Waals surface area contributed by atoms with Crippen LogP contribution in [0.3, 0.4) is 0 Å². The molecular formula is C21H25N7O2. The Labute approximate surface area is 174 Å². The fourth-order valence-corrected chi connectivity index (χ4v) is 3.74. The van der Waals surface area contributed by atoms with Gasteiger partial charge in [-0.05, 0) is 52.0 Å². The first-order chi connectivity index (χ1) is 14.4. The molecule has 9 nitrogen and oxygen atoms in total. The molecule has 0 atom stereocenters. The van der Waals surface area contributed by atoms with Gasteiger partial charge in [0.2, 0.25) is 0 Å². The lowest BCUT2D eigenvalue weighted by atomic mass is 10.1. The van der Waals surface area contributed by atoms with Gasteiger partial charge in [-0.25, -0.2) is 9.36 Å². The Morgan fingerprint density at radius 2 is 1.80 bits per heavy atom. The maximum atomic E-state index is 12.9. The number of likely N-dealkylation sites (tertiary alicyclic amines) is 1. The Bertz CT molecular complexity index is 1060. The zero-order chi connectivity index (χ0) is 21.3. The van der Waals surface area contributed by atoms with Gasteiger partial charge >= 0.3 is 0 Å². The number of rotatable bonds is 5. The van der Waals surface area contributed by atoms with E-state index in [0.29, 0.717) is 11.5 Å². The summed E-state index contributed by atoms with van der Waals surface area (Å²) in [5.74, 6) is -0.444. The summed E-state index contributed by atoms with van der Waals surface area (Å²) in [6, 6.07) is 12.6. The van der Waals surface area contributed by atoms with E-state index in [1.807, 2.05) is 35.9 Å². The zero-order valence-corrected chi connectivity index (χ0v) is 17.1. The number of hydrogen-bond donors (Lipinski definition) is 2. The first-order valence-corrected chi connectivity index (χ1v) is 9.93. The predicted octanol–water partition coefficient (Wildman–Crippen LogP) is 2.00. The molecule has 0 bridgehead atoms. The van der Waals surface area contributed by atoms with Gasteiger partial charge < -0.3 is 16.0 Å². The lowest BCUT2D eigenvalue weighted by Crippen LogP contribution is -2.32. The average Bonchev–Trinajstić information content (AvgIpc) is 3.33. The van der Waals surface area contributed by atoms with E-state index in [-0.39, 0.29) is 17.4 Å². The van der Waals surface area contributed by atoms with Crippen molar-refractivity contribution >= 4 is 17.6 Å². The second kappa shape index (κ2) is 8.11. The first-order valence-electron chi connectivity index (χ1n) is 9.93. The SMILES string of the molecule is Cc1cc(NC(=O)c2cc(C(N)=O)n(-c3ccccc3)n2)n(C2CCN(C)CC2)n1. The van der Waals surface area contributed by atoms with Gasteiger partial charge in [-0.15, -0.1) is 0 Å². The van der Waals surface area contributed by atoms with Gasteiger partial charge in [-0.1, -0.05) is 18.2 Å². The van der Waals surface area contributed by atoms with Crippen molar-refractivity contribution in [2.75, 3.05) is 25.5 Å². The monoisotopic (exact) mass is 407 g/mol. The predicted molar refractivity (Wildman–Crippen MR) is 113 cm³/mol. The van der Waals surface area contributed by atoms with Gasteiger partial charge in [-0.3, -0.25) is 9.59 Å². The summed E-state index contributed by atoms with van der Waals surface area (Å²) in [6.07, 6.45) is 1.93. The number of para-hydroxylation sites is 1. The number of anilines is 1. The van der Waals surface area contributed by atoms with Crippen LogP contribution in [0.5, 0.6) is 0 Å². The van der Waals surface area contributed by atoms with E-state index < -0.39 is 11.8 Å². The maximum Gasteiger partial charge on any atom is 0.277 e. The van der Waals surface area contributed by atoms with E-state index in [0.717, 1.165) is 31.6 Å². The normalized spacial score (nSPS) is 15.3. The number of carbonyl (C=O) groups excluding carboxylic acids is 2. The van der Waals surface area contributed by atoms with Crippen LogP contribution in [0, 0.1) is 6.92 Å². The molecule has 30 heavy (non-hydrogen) atoms. The molecule has 1 saturated heterocycles. The van der Waals surface area contributed by atoms with Crippen LogP contribution in [0.2, 0.25) is 0 Å². The molecule has 0 aliphatic carbocycles. The number of primary amides is 1. The summed E-state index contributed by atoms with van der Waals surface area (Å²) in [5.41, 5.74) is 7.24. The highest BCUT2D eigenvalue weighted by atomic mass is 16.2. The van der Waals surface area contributed by atoms with E-state index in [1.165, 1.54) is 10.7 Å². The Morgan fingerprint density at radius 1 is 1.10 bits per heavy atom. The van der Waals surface area contributed by atoms with Crippen LogP contribution in [0.1, 0.15) is 45.6 Å². The minimum Gasteiger partial charge on any atom is -0.364 e. The molecule has 2 amide bonds. The second-order valence-corrected chi connectivity index (χ2v) is 7.63. The molecule has 1 aromatic carbocycles. The third-order valence-electron chi connectivity index (χ3n) is 5.33. The summed E-state index contributed by atoms with van der Waals surface area (Å²) in [5, 5.41) is 11.8. The van der Waals surface area contributed by atoms with Crippen LogP contribution in [0.25, 0.3) is 5.69 Å². The number of piperidine rings is 1. The molecule has 0 saturated carbocycles. The zero-order valence-electron chi connectivity index (χ0n) is 17.1. The third-order valence-corrected chi connectivity index (χ3v) is 5.33. The number of hydrogen-bond acceptors (Lipinski definition) is 5. The number of amides is 2. The lowest BCUT2D eigenvalue weighted by Gasteiger charge is -2.30. The molecule has 3 aromatic rings. The Hall–Kier alpha value is -3.46. The summed E-state index contributed by atoms with van der Waals surface area (Å²) >= 11 is 0. The number of aryl methyl sites for hydroxylation is 1. The molecule has 0 unspecified atom stereocenters. The molecule has 1 aliphatic heterocycles. The Balaban J connectivity index is 1.60. The second-order valence-electron chi connectivity index (χ2n) is 7.63. The van der Waals surface area contributed by atoms with Crippen LogP contribution >= 0.6 is 0 Å². The van der Waals surface area contributed by atoms with Crippen LogP contribution in [0.15, 0.2) is 42.5 Å². The van der Waals surface area contributed by atoms with Gasteiger partial charge in [0.1, 0.15) is 11.5 Å². The van der Waals surface area contributed by atoms with Crippen molar-refractivity contribution in [3.8, 4) is 5.69 Å². The average molecular weight is 407 g/mol. The van der Waals surface area contributed by atoms with Gasteiger partial charge in [0, 0.05) is 12.1 Å². The van der Waals surface area contributed by atoms with Crippen molar-refractivity contribution in [2.24, 2.45) is 5.73 Å². The molecule has 1 fully saturated rings. The quantitative estimate of drug-likeness (QED) is 0.672. The molecule has 156 valence electrons. The van der Waals surface area contributed by atoms with Gasteiger partial charge in [0.25, 0.3) is 11.8 Å². The summed E-state index contributed by atoms with van der Waals surface area (Å²) in [6.45, 7) is 3.87. The highest BCUT2D eigenvalue weighted by Gasteiger charge is 2.24. The van der Waals surface area contributed by atoms with Crippen LogP contribution in [0.4, 0.5) is 5.82 Å². The fourth-order valence-electron chi connectivity index (χ4n) is 3.74. The smallest absolute Gasteiger partial charge is 0.277 e. The molecule has 0 spiro atoms. The highest BCUT2D eigenvalue weighted by Crippen LogP contribution is 2.26. The van der Waals surface area contributed by atoms with Gasteiger partial charge in [0.05, 0.1) is 17.4 Å². The van der Waals surface area contributed by atoms with Crippen molar-refractivity contribution in [2.45, 2.75) is 25.8 Å². The van der Waals surface area contributed by atoms with Crippen LogP contribution in [-0.4, -0.2) is 56.4 Å². The van der Waals surface area contributed by atoms with E-state index >= 15 is 0 Å². The fraction of sp³-hybridized carbons (Fsp3) is 0.333. The minimum atomic E-state index is -0.655. The number of nitrogens with two attached hydrogens (primary N) is 1. The van der Waals surface area contributed by atoms with Crippen LogP contribution < -0.4 is 11.1 Å². The summed E-state index contributed by atoms with van der Waals surface area (Å²) in [4.78, 5) is 27.1. The number of nitrogens with one attached hydrogen (secondary N) is 1. The molecule has 4 rings (SSSR count). The Morgan fingerprint density at radius 3 is 2.47 bits per heavy atom. The lowest BCUT2D eigenvalue weighted by molar-refractivity contribution is 0.0991. The van der Waals surface area contributed by atoms with E-state index in [1.54, 1.807) is 12.1 Å². The topological polar surface area (TPSA) is 111 Å². The summed E-state index contributed by atoms with van der Waals surface area (Å²) in [7, 11) is 2.10. The van der Waals surface area contributed by atoms with Gasteiger partial charge in [-0.2, -0.15) is 10.2 Å². The van der Waals surface area contributed by atoms with Crippen molar-refractivity contribution in [1.82, 2.24) is 24.5 Å². The number of carbonyl (C=O) groups is 2. The number of nitrogens with zero attached hydrogens (tertiary/aromatic N) is 5. The van der Waals surface area contributed by atoms with E-state index in [9.17, 15) is 9.59 Å². The van der Waals surface area contributed by atoms with Crippen molar-refractivity contribution in [1.29, 1.82) is 0 Å². The Kier molecular flexibility index (Phi) is 5.37. The molecule has 3 heterocycles. The molecule has 1 aliphatic rings. The number of aromatic nitrogens is 4. The van der Waals surface area contributed by atoms with Crippen molar-refractivity contribution in [3.05, 3.63) is 59.5 Å². The van der Waals surface area contributed by atoms with Gasteiger partial charge in [0.15, 0.2) is 5.69 Å². The van der Waals surface area contributed by atoms with E-state index in [4.69, 9.17) is 5.73 Å². The number of benzene rings is 1. The van der Waals surface area contributed by atoms with Crippen molar-refractivity contribution in [3.63, 3.8) is 0 Å². The molecule has 2 aromatic heterocycles. The highest BCUT2D eigenvalue weighted by molar-refractivity contribution is 6.04. The standard InChI is InChI=1S/C21H25N7O2/c1-14-12-19(28(24-14)16-8-10-26(2)11-9-16)23-21(30)17-13-18(20(22)29)27(25-17)15-6-4-3-5-7-15/h3-7,12-13,16H,8-11H2,1-2H3,(H2,22,29)(H,23,30). The summed E-state index contributed by atoms with van der Waals surface area (Å²) < 4.78 is 3.28. The molecule has 0 radical (unpaired) electrons. The first kappa shape index (κ1) is 19.8. The van der Waals surface area contributed by atoms with Crippen LogP contribution in [-0.2, 0) is 0 Å². The molecule has 9 heteroatoms.